The minimum atomic E-state index is -3.15. The molecule has 2 aliphatic rings. The molecule has 0 aliphatic carbocycles. The summed E-state index contributed by atoms with van der Waals surface area (Å²) in [6, 6.07) is 10.5. The predicted molar refractivity (Wildman–Crippen MR) is 110 cm³/mol. The Balaban J connectivity index is 1.39. The summed E-state index contributed by atoms with van der Waals surface area (Å²) in [7, 11) is -1.50. The highest BCUT2D eigenvalue weighted by Crippen LogP contribution is 2.18. The van der Waals surface area contributed by atoms with Crippen molar-refractivity contribution in [1.82, 2.24) is 19.0 Å². The van der Waals surface area contributed by atoms with Gasteiger partial charge in [0.1, 0.15) is 0 Å². The van der Waals surface area contributed by atoms with E-state index in [1.54, 1.807) is 7.05 Å². The van der Waals surface area contributed by atoms with Crippen molar-refractivity contribution in [3.05, 3.63) is 35.9 Å². The maximum atomic E-state index is 12.7. The Bertz CT molecular complexity index is 740. The lowest BCUT2D eigenvalue weighted by Gasteiger charge is -2.38. The van der Waals surface area contributed by atoms with Crippen molar-refractivity contribution in [2.75, 3.05) is 59.1 Å². The zero-order valence-corrected chi connectivity index (χ0v) is 17.8. The molecule has 7 nitrogen and oxygen atoms in total. The second-order valence-corrected chi connectivity index (χ2v) is 9.97. The largest absolute Gasteiger partial charge is 0.339 e. The van der Waals surface area contributed by atoms with Crippen molar-refractivity contribution in [2.24, 2.45) is 0 Å². The zero-order chi connectivity index (χ0) is 20.1. The molecule has 0 bridgehead atoms. The molecule has 1 amide bonds. The SMILES string of the molecule is CN(C1CCN(CC(=O)N2CCN(Cc3ccccc3)CC2)CC1)S(C)(=O)=O. The monoisotopic (exact) mass is 408 g/mol. The van der Waals surface area contributed by atoms with Crippen molar-refractivity contribution in [3.63, 3.8) is 0 Å². The Kier molecular flexibility index (Phi) is 7.09. The maximum Gasteiger partial charge on any atom is 0.236 e. The molecule has 0 unspecified atom stereocenters. The second kappa shape index (κ2) is 9.35. The van der Waals surface area contributed by atoms with Crippen molar-refractivity contribution >= 4 is 15.9 Å². The normalized spacial score (nSPS) is 20.6. The topological polar surface area (TPSA) is 64.2 Å². The Morgan fingerprint density at radius 3 is 2.18 bits per heavy atom. The molecule has 2 saturated heterocycles. The van der Waals surface area contributed by atoms with Crippen LogP contribution in [0.15, 0.2) is 30.3 Å². The van der Waals surface area contributed by atoms with E-state index in [1.165, 1.54) is 16.1 Å². The molecule has 0 radical (unpaired) electrons. The van der Waals surface area contributed by atoms with Crippen LogP contribution < -0.4 is 0 Å². The van der Waals surface area contributed by atoms with E-state index in [2.05, 4.69) is 34.1 Å². The molecule has 0 N–H and O–H groups in total. The molecule has 8 heteroatoms. The van der Waals surface area contributed by atoms with E-state index in [1.807, 2.05) is 11.0 Å². The summed E-state index contributed by atoms with van der Waals surface area (Å²) >= 11 is 0. The lowest BCUT2D eigenvalue weighted by atomic mass is 10.1. The van der Waals surface area contributed by atoms with Gasteiger partial charge in [0, 0.05) is 58.9 Å². The molecule has 0 aromatic heterocycles. The third-order valence-electron chi connectivity index (χ3n) is 5.93. The first kappa shape index (κ1) is 21.2. The van der Waals surface area contributed by atoms with Crippen LogP contribution in [-0.4, -0.2) is 98.5 Å². The van der Waals surface area contributed by atoms with Crippen LogP contribution >= 0.6 is 0 Å². The highest BCUT2D eigenvalue weighted by Gasteiger charge is 2.29. The minimum absolute atomic E-state index is 0.0443. The Labute approximate surface area is 168 Å². The van der Waals surface area contributed by atoms with E-state index in [-0.39, 0.29) is 11.9 Å². The first-order valence-corrected chi connectivity index (χ1v) is 11.9. The number of carbonyl (C=O) groups excluding carboxylic acids is 1. The molecule has 156 valence electrons. The van der Waals surface area contributed by atoms with Gasteiger partial charge in [0.25, 0.3) is 0 Å². The van der Waals surface area contributed by atoms with E-state index < -0.39 is 10.0 Å². The fourth-order valence-electron chi connectivity index (χ4n) is 4.00. The number of likely N-dealkylation sites (tertiary alicyclic amines) is 1. The van der Waals surface area contributed by atoms with Gasteiger partial charge in [-0.25, -0.2) is 12.7 Å². The number of hydrogen-bond donors (Lipinski definition) is 0. The molecule has 2 aliphatic heterocycles. The fourth-order valence-corrected chi connectivity index (χ4v) is 4.75. The van der Waals surface area contributed by atoms with Crippen LogP contribution in [0.1, 0.15) is 18.4 Å². The Morgan fingerprint density at radius 2 is 1.61 bits per heavy atom. The molecule has 1 aromatic carbocycles. The first-order chi connectivity index (χ1) is 13.3. The Hall–Kier alpha value is -1.48. The summed E-state index contributed by atoms with van der Waals surface area (Å²) in [6.45, 7) is 6.27. The average molecular weight is 409 g/mol. The number of piperazine rings is 1. The number of piperidine rings is 1. The molecule has 0 atom stereocenters. The fraction of sp³-hybridized carbons (Fsp3) is 0.650. The zero-order valence-electron chi connectivity index (χ0n) is 17.0. The molecule has 2 heterocycles. The van der Waals surface area contributed by atoms with Crippen molar-refractivity contribution in [1.29, 1.82) is 0 Å². The summed E-state index contributed by atoms with van der Waals surface area (Å²) in [5, 5.41) is 0. The third-order valence-corrected chi connectivity index (χ3v) is 7.27. The van der Waals surface area contributed by atoms with Crippen molar-refractivity contribution in [3.8, 4) is 0 Å². The summed E-state index contributed by atoms with van der Waals surface area (Å²) in [4.78, 5) is 19.2. The van der Waals surface area contributed by atoms with Crippen molar-refractivity contribution < 1.29 is 13.2 Å². The first-order valence-electron chi connectivity index (χ1n) is 10.0. The highest BCUT2D eigenvalue weighted by molar-refractivity contribution is 7.88. The number of rotatable bonds is 6. The van der Waals surface area contributed by atoms with Crippen LogP contribution in [0.4, 0.5) is 0 Å². The Morgan fingerprint density at radius 1 is 1.00 bits per heavy atom. The van der Waals surface area contributed by atoms with Crippen molar-refractivity contribution in [2.45, 2.75) is 25.4 Å². The van der Waals surface area contributed by atoms with Crippen LogP contribution in [0.3, 0.4) is 0 Å². The van der Waals surface area contributed by atoms with E-state index in [4.69, 9.17) is 0 Å². The lowest BCUT2D eigenvalue weighted by molar-refractivity contribution is -0.134. The standard InChI is InChI=1S/C20H32N4O3S/c1-21(28(2,26)27)19-8-10-22(11-9-19)17-20(25)24-14-12-23(13-15-24)16-18-6-4-3-5-7-18/h3-7,19H,8-17H2,1-2H3. The van der Waals surface area contributed by atoms with Gasteiger partial charge >= 0.3 is 0 Å². The van der Waals surface area contributed by atoms with Gasteiger partial charge in [0.2, 0.25) is 15.9 Å². The molecule has 0 saturated carbocycles. The number of sulfonamides is 1. The van der Waals surface area contributed by atoms with E-state index in [0.29, 0.717) is 6.54 Å². The highest BCUT2D eigenvalue weighted by atomic mass is 32.2. The second-order valence-electron chi connectivity index (χ2n) is 7.93. The smallest absolute Gasteiger partial charge is 0.236 e. The molecule has 0 spiro atoms. The van der Waals surface area contributed by atoms with Gasteiger partial charge in [-0.1, -0.05) is 30.3 Å². The van der Waals surface area contributed by atoms with E-state index in [9.17, 15) is 13.2 Å². The van der Waals surface area contributed by atoms with Gasteiger partial charge in [-0.05, 0) is 18.4 Å². The molecule has 3 rings (SSSR count). The number of hydrogen-bond acceptors (Lipinski definition) is 5. The van der Waals surface area contributed by atoms with Crippen LogP contribution in [-0.2, 0) is 21.4 Å². The maximum absolute atomic E-state index is 12.7. The van der Waals surface area contributed by atoms with Gasteiger partial charge in [-0.3, -0.25) is 14.6 Å². The van der Waals surface area contributed by atoms with Gasteiger partial charge < -0.3 is 4.90 Å². The average Bonchev–Trinajstić information content (AvgIpc) is 2.68. The minimum Gasteiger partial charge on any atom is -0.339 e. The van der Waals surface area contributed by atoms with Crippen LogP contribution in [0.5, 0.6) is 0 Å². The third kappa shape index (κ3) is 5.76. The number of carbonyl (C=O) groups is 1. The summed E-state index contributed by atoms with van der Waals surface area (Å²) in [5.41, 5.74) is 1.31. The molecule has 28 heavy (non-hydrogen) atoms. The summed E-state index contributed by atoms with van der Waals surface area (Å²) < 4.78 is 24.8. The number of benzene rings is 1. The van der Waals surface area contributed by atoms with Gasteiger partial charge in [0.15, 0.2) is 0 Å². The summed E-state index contributed by atoms with van der Waals surface area (Å²) in [6.07, 6.45) is 2.81. The van der Waals surface area contributed by atoms with E-state index in [0.717, 1.165) is 58.7 Å². The molecular weight excluding hydrogens is 376 g/mol. The quantitative estimate of drug-likeness (QED) is 0.693. The van der Waals surface area contributed by atoms with Gasteiger partial charge in [0.05, 0.1) is 12.8 Å². The molecular formula is C20H32N4O3S. The predicted octanol–water partition coefficient (Wildman–Crippen LogP) is 0.687. The van der Waals surface area contributed by atoms with Crippen LogP contribution in [0, 0.1) is 0 Å². The van der Waals surface area contributed by atoms with Gasteiger partial charge in [-0.15, -0.1) is 0 Å². The number of nitrogens with zero attached hydrogens (tertiary/aromatic N) is 4. The lowest BCUT2D eigenvalue weighted by Crippen LogP contribution is -2.52. The van der Waals surface area contributed by atoms with Gasteiger partial charge in [-0.2, -0.15) is 0 Å². The van der Waals surface area contributed by atoms with Crippen LogP contribution in [0.2, 0.25) is 0 Å². The molecule has 2 fully saturated rings. The van der Waals surface area contributed by atoms with E-state index >= 15 is 0 Å². The summed E-state index contributed by atoms with van der Waals surface area (Å²) in [5.74, 6) is 0.189. The van der Waals surface area contributed by atoms with Crippen LogP contribution in [0.25, 0.3) is 0 Å². The molecule has 1 aromatic rings. The number of amides is 1.